The zero-order valence-electron chi connectivity index (χ0n) is 17.9. The summed E-state index contributed by atoms with van der Waals surface area (Å²) in [7, 11) is 0. The highest BCUT2D eigenvalue weighted by Gasteiger charge is 2.50. The van der Waals surface area contributed by atoms with Crippen molar-refractivity contribution >= 4 is 17.3 Å². The summed E-state index contributed by atoms with van der Waals surface area (Å²) in [6, 6.07) is 2.98. The van der Waals surface area contributed by atoms with Crippen LogP contribution in [0.1, 0.15) is 10.4 Å². The maximum atomic E-state index is 11.2. The number of carboxylic acid groups (broad SMARTS) is 1. The Morgan fingerprint density at radius 2 is 1.57 bits per heavy atom. The first-order valence-corrected chi connectivity index (χ1v) is 10.4. The number of carbonyl (C=O) groups is 1. The van der Waals surface area contributed by atoms with Crippen molar-refractivity contribution in [1.82, 2.24) is 0 Å². The van der Waals surface area contributed by atoms with Crippen LogP contribution in [0, 0.1) is 0 Å². The maximum Gasteiger partial charge on any atom is 0.187 e. The summed E-state index contributed by atoms with van der Waals surface area (Å²) in [5, 5.41) is 102. The number of aliphatic hydroxyl groups excluding tert-OH is 7. The molecule has 1 aromatic carbocycles. The number of ether oxygens (including phenoxy) is 3. The second-order valence-electron chi connectivity index (χ2n) is 8.05. The molecule has 3 rings (SSSR count). The van der Waals surface area contributed by atoms with Crippen LogP contribution in [0.25, 0.3) is 0 Å². The van der Waals surface area contributed by atoms with Crippen molar-refractivity contribution in [2.24, 2.45) is 0 Å². The van der Waals surface area contributed by atoms with Gasteiger partial charge in [-0.2, -0.15) is 0 Å². The molecule has 0 aliphatic carbocycles. The van der Waals surface area contributed by atoms with E-state index in [-0.39, 0.29) is 16.6 Å². The van der Waals surface area contributed by atoms with Crippen LogP contribution < -0.4 is 15.6 Å². The van der Waals surface area contributed by atoms with Gasteiger partial charge in [0, 0.05) is 11.3 Å². The standard InChI is InChI=1S/C19H28N2O14/c22-4-9-11(24)12(25)15(28)19(34-9)35-16-10(5-23)33-17(14(27)13(16)26)20-7-1-6(18(29)30)2-8(3-7)21(31)32/h1-3,9-17,19-20,22-28,31-32H,4-5H2,(H,29,30)/p-1. The highest BCUT2D eigenvalue weighted by atomic mass is 16.8. The van der Waals surface area contributed by atoms with E-state index < -0.39 is 86.1 Å². The van der Waals surface area contributed by atoms with Crippen LogP contribution >= 0.6 is 0 Å². The molecule has 2 aliphatic heterocycles. The average molecular weight is 507 g/mol. The molecule has 2 fully saturated rings. The molecule has 10 atom stereocenters. The number of carbonyl (C=O) groups excluding carboxylic acids is 1. The SMILES string of the molecule is O=C([O-])c1cc(NC2OC(CO)C(OC3OC(CO)C(O)C(O)C3O)C(O)C2O)cc(N(O)O)c1. The van der Waals surface area contributed by atoms with Gasteiger partial charge < -0.3 is 65.2 Å². The molecule has 0 saturated carbocycles. The molecule has 0 aromatic heterocycles. The second kappa shape index (κ2) is 11.2. The molecule has 0 amide bonds. The fourth-order valence-corrected chi connectivity index (χ4v) is 3.80. The Hall–Kier alpha value is -2.19. The summed E-state index contributed by atoms with van der Waals surface area (Å²) in [5.41, 5.74) is -0.954. The number of rotatable bonds is 8. The molecule has 1 aromatic rings. The van der Waals surface area contributed by atoms with E-state index in [0.717, 1.165) is 18.2 Å². The molecule has 0 spiro atoms. The lowest BCUT2D eigenvalue weighted by atomic mass is 9.96. The number of nitrogens with zero attached hydrogens (tertiary/aromatic N) is 1. The Labute approximate surface area is 197 Å². The van der Waals surface area contributed by atoms with E-state index >= 15 is 0 Å². The van der Waals surface area contributed by atoms with Crippen LogP contribution in [0.15, 0.2) is 18.2 Å². The molecule has 16 nitrogen and oxygen atoms in total. The largest absolute Gasteiger partial charge is 0.545 e. The minimum Gasteiger partial charge on any atom is -0.545 e. The Kier molecular flexibility index (Phi) is 8.81. The first-order valence-electron chi connectivity index (χ1n) is 10.4. The van der Waals surface area contributed by atoms with Gasteiger partial charge in [-0.05, 0) is 18.2 Å². The van der Waals surface area contributed by atoms with Crippen LogP contribution in [0.2, 0.25) is 0 Å². The van der Waals surface area contributed by atoms with Crippen molar-refractivity contribution in [1.29, 1.82) is 0 Å². The smallest absolute Gasteiger partial charge is 0.187 e. The molecule has 2 saturated heterocycles. The molecule has 35 heavy (non-hydrogen) atoms. The minimum absolute atomic E-state index is 0.101. The Morgan fingerprint density at radius 3 is 2.14 bits per heavy atom. The fourth-order valence-electron chi connectivity index (χ4n) is 3.80. The molecule has 0 radical (unpaired) electrons. The molecule has 0 bridgehead atoms. The second-order valence-corrected chi connectivity index (χ2v) is 8.05. The summed E-state index contributed by atoms with van der Waals surface area (Å²) in [4.78, 5) is 11.2. The van der Waals surface area contributed by atoms with Gasteiger partial charge in [-0.1, -0.05) is 0 Å². The van der Waals surface area contributed by atoms with E-state index in [9.17, 15) is 56.1 Å². The quantitative estimate of drug-likeness (QED) is 0.147. The first kappa shape index (κ1) is 27.4. The van der Waals surface area contributed by atoms with Crippen molar-refractivity contribution in [3.05, 3.63) is 23.8 Å². The zero-order valence-corrected chi connectivity index (χ0v) is 17.9. The Bertz CT molecular complexity index is 870. The Morgan fingerprint density at radius 1 is 0.914 bits per heavy atom. The van der Waals surface area contributed by atoms with E-state index in [1.165, 1.54) is 0 Å². The highest BCUT2D eigenvalue weighted by molar-refractivity contribution is 5.88. The summed E-state index contributed by atoms with van der Waals surface area (Å²) >= 11 is 0. The normalized spacial score (nSPS) is 37.6. The average Bonchev–Trinajstić information content (AvgIpc) is 2.83. The summed E-state index contributed by atoms with van der Waals surface area (Å²) in [6.07, 6.45) is -16.2. The van der Waals surface area contributed by atoms with Gasteiger partial charge in [0.2, 0.25) is 0 Å². The van der Waals surface area contributed by atoms with Crippen LogP contribution in [-0.2, 0) is 14.2 Å². The Balaban J connectivity index is 1.77. The van der Waals surface area contributed by atoms with Crippen molar-refractivity contribution in [2.75, 3.05) is 23.8 Å². The topological polar surface area (TPSA) is 265 Å². The van der Waals surface area contributed by atoms with E-state index in [2.05, 4.69) is 5.32 Å². The monoisotopic (exact) mass is 507 g/mol. The molecular formula is C19H27N2O14-. The number of hydrogen-bond donors (Lipinski definition) is 10. The van der Waals surface area contributed by atoms with E-state index in [4.69, 9.17) is 14.2 Å². The number of benzene rings is 1. The van der Waals surface area contributed by atoms with Gasteiger partial charge in [-0.3, -0.25) is 10.4 Å². The predicted molar refractivity (Wildman–Crippen MR) is 107 cm³/mol. The fraction of sp³-hybridized carbons (Fsp3) is 0.632. The highest BCUT2D eigenvalue weighted by Crippen LogP contribution is 2.30. The third-order valence-corrected chi connectivity index (χ3v) is 5.70. The summed E-state index contributed by atoms with van der Waals surface area (Å²) in [6.45, 7) is -1.52. The molecule has 198 valence electrons. The van der Waals surface area contributed by atoms with Gasteiger partial charge in [0.1, 0.15) is 48.8 Å². The van der Waals surface area contributed by atoms with Crippen molar-refractivity contribution in [2.45, 2.75) is 61.3 Å². The number of aromatic carboxylic acids is 1. The molecule has 16 heteroatoms. The molecule has 10 N–H and O–H groups in total. The number of nitrogens with one attached hydrogen (secondary N) is 1. The van der Waals surface area contributed by atoms with Gasteiger partial charge in [0.05, 0.1) is 24.9 Å². The zero-order chi connectivity index (χ0) is 26.0. The predicted octanol–water partition coefficient (Wildman–Crippen LogP) is -5.33. The van der Waals surface area contributed by atoms with Gasteiger partial charge >= 0.3 is 0 Å². The third kappa shape index (κ3) is 5.80. The number of hydrogen-bond acceptors (Lipinski definition) is 16. The number of carboxylic acids is 1. The maximum absolute atomic E-state index is 11.2. The minimum atomic E-state index is -1.82. The molecular weight excluding hydrogens is 480 g/mol. The van der Waals surface area contributed by atoms with Crippen molar-refractivity contribution in [3.8, 4) is 0 Å². The number of anilines is 2. The van der Waals surface area contributed by atoms with Gasteiger partial charge in [-0.25, -0.2) is 0 Å². The number of aliphatic hydroxyl groups is 7. The molecule has 2 heterocycles. The molecule has 10 unspecified atom stereocenters. The lowest BCUT2D eigenvalue weighted by Gasteiger charge is -2.46. The van der Waals surface area contributed by atoms with Gasteiger partial charge in [0.25, 0.3) is 0 Å². The third-order valence-electron chi connectivity index (χ3n) is 5.70. The van der Waals surface area contributed by atoms with Crippen LogP contribution in [-0.4, -0.2) is 127 Å². The van der Waals surface area contributed by atoms with Crippen molar-refractivity contribution in [3.63, 3.8) is 0 Å². The van der Waals surface area contributed by atoms with Crippen LogP contribution in [0.4, 0.5) is 11.4 Å². The van der Waals surface area contributed by atoms with E-state index in [1.807, 2.05) is 0 Å². The van der Waals surface area contributed by atoms with E-state index in [0.29, 0.717) is 0 Å². The van der Waals surface area contributed by atoms with E-state index in [1.54, 1.807) is 0 Å². The van der Waals surface area contributed by atoms with Crippen molar-refractivity contribution < 1.29 is 70.3 Å². The lowest BCUT2D eigenvalue weighted by molar-refractivity contribution is -0.340. The van der Waals surface area contributed by atoms with Crippen LogP contribution in [0.5, 0.6) is 0 Å². The van der Waals surface area contributed by atoms with Gasteiger partial charge in [-0.15, -0.1) is 5.23 Å². The van der Waals surface area contributed by atoms with Crippen LogP contribution in [0.3, 0.4) is 0 Å². The van der Waals surface area contributed by atoms with Gasteiger partial charge in [0.15, 0.2) is 12.5 Å². The lowest BCUT2D eigenvalue weighted by Crippen LogP contribution is -2.65. The first-order chi connectivity index (χ1) is 16.5. The molecule has 2 aliphatic rings. The summed E-state index contributed by atoms with van der Waals surface area (Å²) < 4.78 is 16.2. The summed E-state index contributed by atoms with van der Waals surface area (Å²) in [5.74, 6) is -1.65.